The number of piperidine rings is 1. The molecule has 0 saturated carbocycles. The van der Waals surface area contributed by atoms with Gasteiger partial charge in [-0.1, -0.05) is 32.0 Å². The molecular weight excluding hydrogens is 530 g/mol. The smallest absolute Gasteiger partial charge is 0.244 e. The zero-order valence-corrected chi connectivity index (χ0v) is 22.8. The van der Waals surface area contributed by atoms with Crippen LogP contribution in [-0.2, 0) is 32.5 Å². The van der Waals surface area contributed by atoms with Crippen molar-refractivity contribution >= 4 is 49.1 Å². The molecule has 2 aliphatic rings. The molecule has 9 heteroatoms. The van der Waals surface area contributed by atoms with Crippen LogP contribution in [0.25, 0.3) is 0 Å². The summed E-state index contributed by atoms with van der Waals surface area (Å²) in [7, 11) is -3.86. The van der Waals surface area contributed by atoms with Gasteiger partial charge in [-0.25, -0.2) is 8.42 Å². The minimum Gasteiger partial charge on any atom is -0.325 e. The first-order valence-corrected chi connectivity index (χ1v) is 14.4. The number of halogens is 1. The predicted molar refractivity (Wildman–Crippen MR) is 141 cm³/mol. The van der Waals surface area contributed by atoms with Gasteiger partial charge >= 0.3 is 0 Å². The number of hydrogen-bond donors (Lipinski definition) is 1. The van der Waals surface area contributed by atoms with Gasteiger partial charge in [0.1, 0.15) is 0 Å². The van der Waals surface area contributed by atoms with Crippen molar-refractivity contribution in [2.45, 2.75) is 57.8 Å². The van der Waals surface area contributed by atoms with Crippen LogP contribution in [0.1, 0.15) is 49.8 Å². The average Bonchev–Trinajstić information content (AvgIpc) is 3.26. The van der Waals surface area contributed by atoms with Crippen LogP contribution in [0.2, 0.25) is 0 Å². The van der Waals surface area contributed by atoms with E-state index in [0.29, 0.717) is 48.9 Å². The molecule has 0 spiro atoms. The van der Waals surface area contributed by atoms with Crippen molar-refractivity contribution in [2.24, 2.45) is 5.92 Å². The van der Waals surface area contributed by atoms with Crippen LogP contribution in [0.3, 0.4) is 0 Å². The second-order valence-corrected chi connectivity index (χ2v) is 12.0. The minimum absolute atomic E-state index is 0.0215. The quantitative estimate of drug-likeness (QED) is 0.555. The van der Waals surface area contributed by atoms with Gasteiger partial charge in [-0.2, -0.15) is 4.31 Å². The molecule has 1 atom stereocenters. The lowest BCUT2D eigenvalue weighted by Gasteiger charge is -2.32. The summed E-state index contributed by atoms with van der Waals surface area (Å²) < 4.78 is 29.3. The molecule has 188 valence electrons. The highest BCUT2D eigenvalue weighted by Gasteiger charge is 2.36. The Hall–Kier alpha value is -2.23. The molecule has 0 aliphatic carbocycles. The van der Waals surface area contributed by atoms with E-state index in [2.05, 4.69) is 21.2 Å². The first-order chi connectivity index (χ1) is 16.7. The topological polar surface area (TPSA) is 86.8 Å². The Morgan fingerprint density at radius 3 is 2.66 bits per heavy atom. The molecule has 2 aliphatic heterocycles. The molecular formula is C26H32BrN3O4S. The average molecular weight is 563 g/mol. The van der Waals surface area contributed by atoms with E-state index in [0.717, 1.165) is 28.8 Å². The van der Waals surface area contributed by atoms with Gasteiger partial charge in [0.05, 0.1) is 10.8 Å². The lowest BCUT2D eigenvalue weighted by Crippen LogP contribution is -2.44. The SMILES string of the molecule is CCC(=O)N1CCc2cc(Br)c(S(=O)(=O)N3CCC[C@H](C(=O)Nc4c(C)cccc4CC)C3)cc21. The molecule has 1 saturated heterocycles. The van der Waals surface area contributed by atoms with Gasteiger partial charge in [0, 0.05) is 41.9 Å². The number of benzene rings is 2. The first-order valence-electron chi connectivity index (χ1n) is 12.2. The molecule has 2 aromatic carbocycles. The first kappa shape index (κ1) is 25.9. The lowest BCUT2D eigenvalue weighted by molar-refractivity contribution is -0.121. The third-order valence-electron chi connectivity index (χ3n) is 6.99. The van der Waals surface area contributed by atoms with Gasteiger partial charge in [0.25, 0.3) is 0 Å². The molecule has 0 bridgehead atoms. The standard InChI is InChI=1S/C26H32BrN3O4S/c1-4-18-9-6-8-17(3)25(18)28-26(32)20-10-7-12-29(16-20)35(33,34)23-15-22-19(14-21(23)27)11-13-30(22)24(31)5-2/h6,8-9,14-15,20H,4-5,7,10-13,16H2,1-3H3,(H,28,32)/t20-/m0/s1. The van der Waals surface area contributed by atoms with Gasteiger partial charge in [-0.3, -0.25) is 9.59 Å². The van der Waals surface area contributed by atoms with Crippen molar-refractivity contribution in [3.05, 3.63) is 51.5 Å². The summed E-state index contributed by atoms with van der Waals surface area (Å²) in [6, 6.07) is 9.36. The molecule has 2 amide bonds. The van der Waals surface area contributed by atoms with Crippen LogP contribution >= 0.6 is 15.9 Å². The summed E-state index contributed by atoms with van der Waals surface area (Å²) in [4.78, 5) is 27.4. The van der Waals surface area contributed by atoms with Crippen molar-refractivity contribution in [1.82, 2.24) is 4.31 Å². The number of para-hydroxylation sites is 1. The van der Waals surface area contributed by atoms with E-state index in [-0.39, 0.29) is 23.3 Å². The predicted octanol–water partition coefficient (Wildman–Crippen LogP) is 4.66. The summed E-state index contributed by atoms with van der Waals surface area (Å²) in [5.41, 5.74) is 4.50. The van der Waals surface area contributed by atoms with E-state index < -0.39 is 15.9 Å². The highest BCUT2D eigenvalue weighted by Crippen LogP contribution is 2.37. The number of carbonyl (C=O) groups excluding carboxylic acids is 2. The van der Waals surface area contributed by atoms with E-state index in [1.165, 1.54) is 4.31 Å². The number of aryl methyl sites for hydroxylation is 2. The maximum atomic E-state index is 13.7. The van der Waals surface area contributed by atoms with Crippen LogP contribution in [0, 0.1) is 12.8 Å². The van der Waals surface area contributed by atoms with Gasteiger partial charge < -0.3 is 10.2 Å². The molecule has 0 radical (unpaired) electrons. The van der Waals surface area contributed by atoms with E-state index in [1.54, 1.807) is 17.9 Å². The van der Waals surface area contributed by atoms with Crippen molar-refractivity contribution in [3.63, 3.8) is 0 Å². The fourth-order valence-electron chi connectivity index (χ4n) is 4.98. The Balaban J connectivity index is 1.57. The maximum Gasteiger partial charge on any atom is 0.244 e. The minimum atomic E-state index is -3.86. The van der Waals surface area contributed by atoms with Crippen molar-refractivity contribution in [2.75, 3.05) is 29.9 Å². The number of rotatable bonds is 6. The highest BCUT2D eigenvalue weighted by atomic mass is 79.9. The van der Waals surface area contributed by atoms with Crippen LogP contribution in [0.5, 0.6) is 0 Å². The number of nitrogens with one attached hydrogen (secondary N) is 1. The highest BCUT2D eigenvalue weighted by molar-refractivity contribution is 9.10. The lowest BCUT2D eigenvalue weighted by atomic mass is 9.98. The largest absolute Gasteiger partial charge is 0.325 e. The van der Waals surface area contributed by atoms with Gasteiger partial charge in [0.15, 0.2) is 0 Å². The number of amides is 2. The van der Waals surface area contributed by atoms with Crippen LogP contribution in [-0.4, -0.2) is 44.2 Å². The van der Waals surface area contributed by atoms with Crippen LogP contribution < -0.4 is 10.2 Å². The Bertz CT molecular complexity index is 1260. The van der Waals surface area contributed by atoms with Crippen LogP contribution in [0.15, 0.2) is 39.7 Å². The summed E-state index contributed by atoms with van der Waals surface area (Å²) in [5.74, 6) is -0.609. The maximum absolute atomic E-state index is 13.7. The van der Waals surface area contributed by atoms with E-state index in [4.69, 9.17) is 0 Å². The fourth-order valence-corrected chi connectivity index (χ4v) is 7.57. The number of carbonyl (C=O) groups is 2. The van der Waals surface area contributed by atoms with E-state index >= 15 is 0 Å². The molecule has 35 heavy (non-hydrogen) atoms. The third kappa shape index (κ3) is 5.04. The Morgan fingerprint density at radius 2 is 1.94 bits per heavy atom. The molecule has 4 rings (SSSR count). The normalized spacial score (nSPS) is 18.4. The van der Waals surface area contributed by atoms with Crippen molar-refractivity contribution in [1.29, 1.82) is 0 Å². The molecule has 7 nitrogen and oxygen atoms in total. The summed E-state index contributed by atoms with van der Waals surface area (Å²) in [6.45, 7) is 6.85. The zero-order chi connectivity index (χ0) is 25.3. The van der Waals surface area contributed by atoms with Crippen molar-refractivity contribution < 1.29 is 18.0 Å². The number of nitrogens with zero attached hydrogens (tertiary/aromatic N) is 2. The van der Waals surface area contributed by atoms with Crippen LogP contribution in [0.4, 0.5) is 11.4 Å². The molecule has 2 heterocycles. The molecule has 1 N–H and O–H groups in total. The second kappa shape index (κ2) is 10.4. The summed E-state index contributed by atoms with van der Waals surface area (Å²) in [5, 5.41) is 3.07. The third-order valence-corrected chi connectivity index (χ3v) is 9.82. The number of fused-ring (bicyclic) bond motifs is 1. The van der Waals surface area contributed by atoms with E-state index in [1.807, 2.05) is 38.1 Å². The molecule has 0 unspecified atom stereocenters. The number of hydrogen-bond acceptors (Lipinski definition) is 4. The van der Waals surface area contributed by atoms with Gasteiger partial charge in [-0.05, 0) is 77.4 Å². The second-order valence-electron chi connectivity index (χ2n) is 9.21. The zero-order valence-electron chi connectivity index (χ0n) is 20.4. The van der Waals surface area contributed by atoms with E-state index in [9.17, 15) is 18.0 Å². The molecule has 0 aromatic heterocycles. The van der Waals surface area contributed by atoms with Gasteiger partial charge in [0.2, 0.25) is 21.8 Å². The Morgan fingerprint density at radius 1 is 1.17 bits per heavy atom. The Labute approximate surface area is 216 Å². The van der Waals surface area contributed by atoms with Crippen molar-refractivity contribution in [3.8, 4) is 0 Å². The monoisotopic (exact) mass is 561 g/mol. The summed E-state index contributed by atoms with van der Waals surface area (Å²) >= 11 is 3.45. The fraction of sp³-hybridized carbons (Fsp3) is 0.462. The number of sulfonamides is 1. The number of anilines is 2. The molecule has 1 fully saturated rings. The Kier molecular flexibility index (Phi) is 7.68. The summed E-state index contributed by atoms with van der Waals surface area (Å²) in [6.07, 6.45) is 3.10. The molecule has 2 aromatic rings. The van der Waals surface area contributed by atoms with Gasteiger partial charge in [-0.15, -0.1) is 0 Å².